The van der Waals surface area contributed by atoms with Crippen LogP contribution in [0.5, 0.6) is 0 Å². The second-order valence-electron chi connectivity index (χ2n) is 7.60. The fourth-order valence-electron chi connectivity index (χ4n) is 2.59. The third kappa shape index (κ3) is 7.82. The molecule has 1 aromatic heterocycles. The van der Waals surface area contributed by atoms with Crippen LogP contribution in [0.15, 0.2) is 12.5 Å². The van der Waals surface area contributed by atoms with Gasteiger partial charge in [0, 0.05) is 18.3 Å². The van der Waals surface area contributed by atoms with E-state index in [4.69, 9.17) is 5.73 Å². The fraction of sp³-hybridized carbons (Fsp3) is 0.632. The number of carboxylic acid groups (broad SMARTS) is 1. The number of nitrogens with one attached hydrogen (secondary N) is 4. The average molecular weight is 425 g/mol. The van der Waals surface area contributed by atoms with Crippen molar-refractivity contribution in [2.75, 3.05) is 6.54 Å². The first-order valence-corrected chi connectivity index (χ1v) is 9.89. The van der Waals surface area contributed by atoms with E-state index in [2.05, 4.69) is 25.9 Å². The summed E-state index contributed by atoms with van der Waals surface area (Å²) in [5, 5.41) is 16.7. The van der Waals surface area contributed by atoms with E-state index in [0.29, 0.717) is 12.1 Å². The van der Waals surface area contributed by atoms with Crippen molar-refractivity contribution >= 4 is 23.7 Å². The number of rotatable bonds is 12. The lowest BCUT2D eigenvalue weighted by molar-refractivity contribution is -0.143. The van der Waals surface area contributed by atoms with Gasteiger partial charge < -0.3 is 31.8 Å². The van der Waals surface area contributed by atoms with E-state index in [1.54, 1.807) is 20.8 Å². The predicted octanol–water partition coefficient (Wildman–Crippen LogP) is -0.848. The Morgan fingerprint density at radius 3 is 2.33 bits per heavy atom. The van der Waals surface area contributed by atoms with E-state index >= 15 is 0 Å². The number of H-pyrrole nitrogens is 1. The summed E-state index contributed by atoms with van der Waals surface area (Å²) in [6, 6.07) is -2.83. The molecule has 0 radical (unpaired) electrons. The Morgan fingerprint density at radius 2 is 1.83 bits per heavy atom. The highest BCUT2D eigenvalue weighted by Crippen LogP contribution is 2.07. The number of nitrogens with two attached hydrogens (primary N) is 1. The SMILES string of the molecule is CCC(C)C(NC(=O)CNC(=O)C(Cc1cnc[nH]1)NC(=O)C(N)C(C)C)C(=O)O. The zero-order chi connectivity index (χ0) is 22.8. The van der Waals surface area contributed by atoms with Crippen LogP contribution in [0.4, 0.5) is 0 Å². The summed E-state index contributed by atoms with van der Waals surface area (Å²) in [5.41, 5.74) is 6.46. The van der Waals surface area contributed by atoms with Crippen LogP contribution < -0.4 is 21.7 Å². The highest BCUT2D eigenvalue weighted by Gasteiger charge is 2.28. The third-order valence-corrected chi connectivity index (χ3v) is 4.85. The topological polar surface area (TPSA) is 179 Å². The normalized spacial score (nSPS) is 15.0. The van der Waals surface area contributed by atoms with E-state index in [9.17, 15) is 24.3 Å². The van der Waals surface area contributed by atoms with Crippen molar-refractivity contribution in [3.8, 4) is 0 Å². The lowest BCUT2D eigenvalue weighted by Gasteiger charge is -2.22. The molecule has 0 spiro atoms. The minimum absolute atomic E-state index is 0.120. The van der Waals surface area contributed by atoms with Crippen LogP contribution in [0.1, 0.15) is 39.8 Å². The first-order chi connectivity index (χ1) is 14.1. The zero-order valence-corrected chi connectivity index (χ0v) is 17.8. The molecule has 0 aliphatic rings. The number of aliphatic carboxylic acids is 1. The van der Waals surface area contributed by atoms with Gasteiger partial charge in [0.15, 0.2) is 0 Å². The molecule has 1 heterocycles. The Balaban J connectivity index is 2.75. The molecule has 7 N–H and O–H groups in total. The number of carboxylic acids is 1. The van der Waals surface area contributed by atoms with Gasteiger partial charge in [-0.25, -0.2) is 9.78 Å². The number of aromatic amines is 1. The van der Waals surface area contributed by atoms with Crippen LogP contribution >= 0.6 is 0 Å². The molecule has 4 atom stereocenters. The molecule has 168 valence electrons. The van der Waals surface area contributed by atoms with E-state index in [-0.39, 0.29) is 18.3 Å². The fourth-order valence-corrected chi connectivity index (χ4v) is 2.59. The van der Waals surface area contributed by atoms with E-state index in [1.165, 1.54) is 12.5 Å². The number of carbonyl (C=O) groups excluding carboxylic acids is 3. The van der Waals surface area contributed by atoms with Crippen molar-refractivity contribution in [2.45, 2.75) is 58.7 Å². The lowest BCUT2D eigenvalue weighted by Crippen LogP contribution is -2.55. The van der Waals surface area contributed by atoms with Crippen LogP contribution in [0.3, 0.4) is 0 Å². The molecular weight excluding hydrogens is 392 g/mol. The molecule has 11 nitrogen and oxygen atoms in total. The molecular formula is C19H32N6O5. The summed E-state index contributed by atoms with van der Waals surface area (Å²) in [5.74, 6) is -3.26. The Hall–Kier alpha value is -2.95. The maximum Gasteiger partial charge on any atom is 0.326 e. The number of imidazole rings is 1. The average Bonchev–Trinajstić information content (AvgIpc) is 3.21. The second-order valence-corrected chi connectivity index (χ2v) is 7.60. The number of amides is 3. The van der Waals surface area contributed by atoms with Crippen molar-refractivity contribution < 1.29 is 24.3 Å². The van der Waals surface area contributed by atoms with Gasteiger partial charge in [0.1, 0.15) is 12.1 Å². The molecule has 1 aromatic rings. The van der Waals surface area contributed by atoms with Gasteiger partial charge in [-0.05, 0) is 11.8 Å². The quantitative estimate of drug-likeness (QED) is 0.253. The summed E-state index contributed by atoms with van der Waals surface area (Å²) >= 11 is 0. The Labute approximate surface area is 175 Å². The summed E-state index contributed by atoms with van der Waals surface area (Å²) in [4.78, 5) is 55.1. The first-order valence-electron chi connectivity index (χ1n) is 9.89. The Morgan fingerprint density at radius 1 is 1.17 bits per heavy atom. The van der Waals surface area contributed by atoms with E-state index in [1.807, 2.05) is 6.92 Å². The molecule has 0 fully saturated rings. The van der Waals surface area contributed by atoms with Crippen LogP contribution in [0, 0.1) is 11.8 Å². The van der Waals surface area contributed by atoms with Gasteiger partial charge in [0.25, 0.3) is 0 Å². The van der Waals surface area contributed by atoms with Crippen LogP contribution in [-0.4, -0.2) is 63.4 Å². The predicted molar refractivity (Wildman–Crippen MR) is 109 cm³/mol. The second kappa shape index (κ2) is 11.9. The Bertz CT molecular complexity index is 721. The smallest absolute Gasteiger partial charge is 0.326 e. The molecule has 0 saturated carbocycles. The number of hydrogen-bond acceptors (Lipinski definition) is 6. The van der Waals surface area contributed by atoms with Crippen LogP contribution in [-0.2, 0) is 25.6 Å². The third-order valence-electron chi connectivity index (χ3n) is 4.85. The lowest BCUT2D eigenvalue weighted by atomic mass is 9.99. The van der Waals surface area contributed by atoms with Gasteiger partial charge in [0.2, 0.25) is 17.7 Å². The Kier molecular flexibility index (Phi) is 9.96. The highest BCUT2D eigenvalue weighted by molar-refractivity contribution is 5.92. The van der Waals surface area contributed by atoms with Crippen molar-refractivity contribution in [1.29, 1.82) is 0 Å². The maximum absolute atomic E-state index is 12.6. The van der Waals surface area contributed by atoms with Crippen molar-refractivity contribution in [2.24, 2.45) is 17.6 Å². The molecule has 4 unspecified atom stereocenters. The number of hydrogen-bond donors (Lipinski definition) is 6. The first kappa shape index (κ1) is 25.1. The molecule has 0 aromatic carbocycles. The summed E-state index contributed by atoms with van der Waals surface area (Å²) < 4.78 is 0. The summed E-state index contributed by atoms with van der Waals surface area (Å²) in [7, 11) is 0. The number of nitrogens with zero attached hydrogens (tertiary/aromatic N) is 1. The minimum atomic E-state index is -1.14. The van der Waals surface area contributed by atoms with Gasteiger partial charge >= 0.3 is 5.97 Å². The van der Waals surface area contributed by atoms with Crippen molar-refractivity contribution in [3.05, 3.63) is 18.2 Å². The summed E-state index contributed by atoms with van der Waals surface area (Å²) in [6.45, 7) is 6.68. The number of carbonyl (C=O) groups is 4. The summed E-state index contributed by atoms with van der Waals surface area (Å²) in [6.07, 6.45) is 3.65. The highest BCUT2D eigenvalue weighted by atomic mass is 16.4. The van der Waals surface area contributed by atoms with Gasteiger partial charge in [-0.2, -0.15) is 0 Å². The van der Waals surface area contributed by atoms with Crippen molar-refractivity contribution in [1.82, 2.24) is 25.9 Å². The largest absolute Gasteiger partial charge is 0.480 e. The molecule has 11 heteroatoms. The molecule has 0 saturated heterocycles. The zero-order valence-electron chi connectivity index (χ0n) is 17.8. The van der Waals surface area contributed by atoms with E-state index in [0.717, 1.165) is 0 Å². The number of aromatic nitrogens is 2. The van der Waals surface area contributed by atoms with E-state index < -0.39 is 48.4 Å². The molecule has 30 heavy (non-hydrogen) atoms. The van der Waals surface area contributed by atoms with Gasteiger partial charge in [0.05, 0.1) is 18.9 Å². The van der Waals surface area contributed by atoms with Gasteiger partial charge in [-0.3, -0.25) is 14.4 Å². The molecule has 0 aliphatic heterocycles. The van der Waals surface area contributed by atoms with Crippen LogP contribution in [0.25, 0.3) is 0 Å². The van der Waals surface area contributed by atoms with Gasteiger partial charge in [-0.1, -0.05) is 34.1 Å². The molecule has 3 amide bonds. The molecule has 0 aliphatic carbocycles. The maximum atomic E-state index is 12.6. The van der Waals surface area contributed by atoms with Crippen LogP contribution in [0.2, 0.25) is 0 Å². The monoisotopic (exact) mass is 424 g/mol. The minimum Gasteiger partial charge on any atom is -0.480 e. The molecule has 1 rings (SSSR count). The van der Waals surface area contributed by atoms with Crippen molar-refractivity contribution in [3.63, 3.8) is 0 Å². The van der Waals surface area contributed by atoms with Gasteiger partial charge in [-0.15, -0.1) is 0 Å². The molecule has 0 bridgehead atoms. The standard InChI is InChI=1S/C19H32N6O5/c1-5-11(4)16(19(29)30)25-14(26)8-22-17(27)13(6-12-7-21-9-23-12)24-18(28)15(20)10(2)3/h7,9-11,13,15-16H,5-6,8,20H2,1-4H3,(H,21,23)(H,22,27)(H,24,28)(H,25,26)(H,29,30).